The average Bonchev–Trinajstić information content (AvgIpc) is 2.96. The van der Waals surface area contributed by atoms with Gasteiger partial charge < -0.3 is 20.3 Å². The SMILES string of the molecule is COc1cc(O)c(C2(N)CC2)c(Br)c1OC. The molecule has 16 heavy (non-hydrogen) atoms. The van der Waals surface area contributed by atoms with Crippen molar-refractivity contribution in [3.63, 3.8) is 0 Å². The molecule has 5 heteroatoms. The van der Waals surface area contributed by atoms with Gasteiger partial charge in [-0.25, -0.2) is 0 Å². The third-order valence-electron chi connectivity index (χ3n) is 2.88. The maximum Gasteiger partial charge on any atom is 0.175 e. The van der Waals surface area contributed by atoms with Crippen LogP contribution in [-0.2, 0) is 5.54 Å². The molecule has 0 heterocycles. The largest absolute Gasteiger partial charge is 0.507 e. The Hall–Kier alpha value is -0.940. The van der Waals surface area contributed by atoms with Crippen molar-refractivity contribution in [3.05, 3.63) is 16.1 Å². The minimum Gasteiger partial charge on any atom is -0.507 e. The van der Waals surface area contributed by atoms with Gasteiger partial charge in [-0.1, -0.05) is 0 Å². The number of hydrogen-bond donors (Lipinski definition) is 2. The summed E-state index contributed by atoms with van der Waals surface area (Å²) in [5.41, 5.74) is 6.37. The number of phenols is 1. The first-order valence-electron chi connectivity index (χ1n) is 4.96. The normalized spacial score (nSPS) is 17.0. The first-order chi connectivity index (χ1) is 7.53. The molecule has 0 bridgehead atoms. The van der Waals surface area contributed by atoms with E-state index in [9.17, 15) is 5.11 Å². The number of hydrogen-bond acceptors (Lipinski definition) is 4. The second-order valence-corrected chi connectivity index (χ2v) is 4.77. The fourth-order valence-corrected chi connectivity index (χ4v) is 2.75. The number of methoxy groups -OCH3 is 2. The molecule has 1 aromatic rings. The lowest BCUT2D eigenvalue weighted by Crippen LogP contribution is -2.19. The standard InChI is InChI=1S/C11H14BrNO3/c1-15-7-5-6(14)8(11(13)3-4-11)9(12)10(7)16-2/h5,14H,3-4,13H2,1-2H3. The van der Waals surface area contributed by atoms with E-state index in [4.69, 9.17) is 15.2 Å². The fraction of sp³-hybridized carbons (Fsp3) is 0.455. The molecule has 0 amide bonds. The van der Waals surface area contributed by atoms with Crippen molar-refractivity contribution in [2.75, 3.05) is 14.2 Å². The van der Waals surface area contributed by atoms with E-state index in [2.05, 4.69) is 15.9 Å². The van der Waals surface area contributed by atoms with Crippen LogP contribution < -0.4 is 15.2 Å². The molecule has 1 saturated carbocycles. The molecule has 1 aromatic carbocycles. The maximum atomic E-state index is 9.95. The summed E-state index contributed by atoms with van der Waals surface area (Å²) in [5.74, 6) is 1.19. The van der Waals surface area contributed by atoms with Gasteiger partial charge in [-0.2, -0.15) is 0 Å². The Labute approximate surface area is 102 Å². The smallest absolute Gasteiger partial charge is 0.175 e. The number of aromatic hydroxyl groups is 1. The summed E-state index contributed by atoms with van der Waals surface area (Å²) in [6.45, 7) is 0. The van der Waals surface area contributed by atoms with Crippen molar-refractivity contribution in [1.29, 1.82) is 0 Å². The Balaban J connectivity index is 2.62. The van der Waals surface area contributed by atoms with Crippen molar-refractivity contribution >= 4 is 15.9 Å². The van der Waals surface area contributed by atoms with Crippen LogP contribution in [0.2, 0.25) is 0 Å². The van der Waals surface area contributed by atoms with Crippen LogP contribution in [0.1, 0.15) is 18.4 Å². The van der Waals surface area contributed by atoms with Crippen molar-refractivity contribution < 1.29 is 14.6 Å². The zero-order chi connectivity index (χ0) is 11.9. The average molecular weight is 288 g/mol. The number of phenolic OH excluding ortho intramolecular Hbond substituents is 1. The van der Waals surface area contributed by atoms with Gasteiger partial charge in [0.1, 0.15) is 5.75 Å². The van der Waals surface area contributed by atoms with Crippen molar-refractivity contribution in [1.82, 2.24) is 0 Å². The molecule has 1 fully saturated rings. The molecule has 4 nitrogen and oxygen atoms in total. The zero-order valence-corrected chi connectivity index (χ0v) is 10.8. The molecule has 0 radical (unpaired) electrons. The van der Waals surface area contributed by atoms with Crippen LogP contribution in [0.5, 0.6) is 17.2 Å². The Morgan fingerprint density at radius 2 is 2.00 bits per heavy atom. The van der Waals surface area contributed by atoms with Gasteiger partial charge in [-0.15, -0.1) is 0 Å². The summed E-state index contributed by atoms with van der Waals surface area (Å²) < 4.78 is 11.1. The second-order valence-electron chi connectivity index (χ2n) is 3.98. The number of ether oxygens (including phenoxy) is 2. The van der Waals surface area contributed by atoms with Gasteiger partial charge in [0.05, 0.1) is 18.7 Å². The van der Waals surface area contributed by atoms with E-state index < -0.39 is 5.54 Å². The lowest BCUT2D eigenvalue weighted by atomic mass is 10.0. The molecule has 88 valence electrons. The monoisotopic (exact) mass is 287 g/mol. The van der Waals surface area contributed by atoms with E-state index >= 15 is 0 Å². The van der Waals surface area contributed by atoms with Gasteiger partial charge in [0.2, 0.25) is 0 Å². The Morgan fingerprint density at radius 1 is 1.38 bits per heavy atom. The molecule has 1 aliphatic carbocycles. The minimum atomic E-state index is -0.428. The fourth-order valence-electron chi connectivity index (χ4n) is 1.80. The van der Waals surface area contributed by atoms with Gasteiger partial charge in [-0.05, 0) is 28.8 Å². The molecule has 0 atom stereocenters. The maximum absolute atomic E-state index is 9.95. The van der Waals surface area contributed by atoms with E-state index in [0.717, 1.165) is 12.8 Å². The van der Waals surface area contributed by atoms with Crippen LogP contribution in [-0.4, -0.2) is 19.3 Å². The van der Waals surface area contributed by atoms with Crippen LogP contribution >= 0.6 is 15.9 Å². The summed E-state index contributed by atoms with van der Waals surface area (Å²) in [5, 5.41) is 9.95. The highest BCUT2D eigenvalue weighted by molar-refractivity contribution is 9.10. The molecule has 0 aromatic heterocycles. The third-order valence-corrected chi connectivity index (χ3v) is 3.63. The van der Waals surface area contributed by atoms with E-state index in [1.54, 1.807) is 7.11 Å². The lowest BCUT2D eigenvalue weighted by Gasteiger charge is -2.18. The highest BCUT2D eigenvalue weighted by Gasteiger charge is 2.44. The summed E-state index contributed by atoms with van der Waals surface area (Å²) in [6, 6.07) is 1.53. The van der Waals surface area contributed by atoms with Gasteiger partial charge >= 0.3 is 0 Å². The van der Waals surface area contributed by atoms with E-state index in [1.807, 2.05) is 0 Å². The molecular weight excluding hydrogens is 274 g/mol. The topological polar surface area (TPSA) is 64.7 Å². The number of halogens is 1. The molecule has 1 aliphatic rings. The van der Waals surface area contributed by atoms with Crippen molar-refractivity contribution in [3.8, 4) is 17.2 Å². The molecule has 0 saturated heterocycles. The van der Waals surface area contributed by atoms with E-state index in [1.165, 1.54) is 13.2 Å². The number of nitrogens with two attached hydrogens (primary N) is 1. The first-order valence-corrected chi connectivity index (χ1v) is 5.75. The number of benzene rings is 1. The summed E-state index contributed by atoms with van der Waals surface area (Å²) in [6.07, 6.45) is 1.74. The predicted molar refractivity (Wildman–Crippen MR) is 64.0 cm³/mol. The summed E-state index contributed by atoms with van der Waals surface area (Å²) in [7, 11) is 3.08. The van der Waals surface area contributed by atoms with Gasteiger partial charge in [0, 0.05) is 17.2 Å². The summed E-state index contributed by atoms with van der Waals surface area (Å²) in [4.78, 5) is 0. The van der Waals surface area contributed by atoms with Crippen molar-refractivity contribution in [2.24, 2.45) is 5.73 Å². The van der Waals surface area contributed by atoms with Crippen LogP contribution in [0.15, 0.2) is 10.5 Å². The molecular formula is C11H14BrNO3. The van der Waals surface area contributed by atoms with Gasteiger partial charge in [0.15, 0.2) is 11.5 Å². The highest BCUT2D eigenvalue weighted by atomic mass is 79.9. The van der Waals surface area contributed by atoms with Gasteiger partial charge in [-0.3, -0.25) is 0 Å². The van der Waals surface area contributed by atoms with Gasteiger partial charge in [0.25, 0.3) is 0 Å². The van der Waals surface area contributed by atoms with E-state index in [-0.39, 0.29) is 5.75 Å². The lowest BCUT2D eigenvalue weighted by molar-refractivity contribution is 0.347. The zero-order valence-electron chi connectivity index (χ0n) is 9.21. The van der Waals surface area contributed by atoms with Crippen molar-refractivity contribution in [2.45, 2.75) is 18.4 Å². The van der Waals surface area contributed by atoms with Crippen LogP contribution in [0.3, 0.4) is 0 Å². The first kappa shape index (κ1) is 11.5. The number of rotatable bonds is 3. The third kappa shape index (κ3) is 1.64. The molecule has 0 spiro atoms. The Kier molecular flexibility index (Phi) is 2.75. The molecule has 0 aliphatic heterocycles. The quantitative estimate of drug-likeness (QED) is 0.894. The summed E-state index contributed by atoms with van der Waals surface area (Å²) >= 11 is 3.41. The molecule has 3 N–H and O–H groups in total. The van der Waals surface area contributed by atoms with E-state index in [0.29, 0.717) is 21.5 Å². The van der Waals surface area contributed by atoms with Crippen LogP contribution in [0.25, 0.3) is 0 Å². The Bertz CT molecular complexity index is 430. The van der Waals surface area contributed by atoms with Crippen LogP contribution in [0.4, 0.5) is 0 Å². The highest BCUT2D eigenvalue weighted by Crippen LogP contribution is 2.53. The second kappa shape index (κ2) is 3.82. The Morgan fingerprint density at radius 3 is 2.44 bits per heavy atom. The van der Waals surface area contributed by atoms with Crippen LogP contribution in [0, 0.1) is 0 Å². The molecule has 0 unspecified atom stereocenters. The molecule has 2 rings (SSSR count). The predicted octanol–water partition coefficient (Wildman–Crippen LogP) is 2.12. The minimum absolute atomic E-state index is 0.143.